The van der Waals surface area contributed by atoms with E-state index in [1.807, 2.05) is 0 Å². The Morgan fingerprint density at radius 3 is 2.76 bits per heavy atom. The molecule has 0 spiro atoms. The van der Waals surface area contributed by atoms with Crippen molar-refractivity contribution in [2.75, 3.05) is 31.3 Å². The van der Waals surface area contributed by atoms with Gasteiger partial charge in [-0.05, 0) is 27.7 Å². The SMILES string of the molecule is CC(C)OC(=O)[C@@H](C)N[P+](=S)OC[C@H]1O[C@@H](n2cnc3c(N(C)C)nc(N)nc32)[C@](C)(F)[C@@H]1O. The molecule has 188 valence electrons. The minimum absolute atomic E-state index is 0.00937. The van der Waals surface area contributed by atoms with E-state index in [0.29, 0.717) is 11.3 Å². The summed E-state index contributed by atoms with van der Waals surface area (Å²) >= 11 is 5.24. The molecule has 6 atom stereocenters. The number of aliphatic hydroxyl groups is 1. The topological polar surface area (TPSA) is 150 Å². The molecule has 3 rings (SSSR count). The third kappa shape index (κ3) is 5.42. The van der Waals surface area contributed by atoms with Gasteiger partial charge in [0.1, 0.15) is 24.9 Å². The van der Waals surface area contributed by atoms with Gasteiger partial charge in [-0.3, -0.25) is 9.36 Å². The van der Waals surface area contributed by atoms with Crippen LogP contribution in [-0.4, -0.2) is 81.3 Å². The molecule has 0 amide bonds. The summed E-state index contributed by atoms with van der Waals surface area (Å²) in [4.78, 5) is 26.3. The quantitative estimate of drug-likeness (QED) is 0.323. The molecule has 4 N–H and O–H groups in total. The molecule has 1 fully saturated rings. The molecule has 1 aliphatic heterocycles. The molecule has 1 unspecified atom stereocenters. The number of imidazole rings is 1. The fourth-order valence-corrected chi connectivity index (χ4v) is 4.91. The van der Waals surface area contributed by atoms with Crippen LogP contribution in [0.1, 0.15) is 33.9 Å². The molecule has 2 aromatic heterocycles. The van der Waals surface area contributed by atoms with Gasteiger partial charge in [0.05, 0.1) is 12.4 Å². The number of rotatable bonds is 9. The first-order chi connectivity index (χ1) is 15.8. The maximum Gasteiger partial charge on any atom is 0.440 e. The lowest BCUT2D eigenvalue weighted by atomic mass is 9.98. The van der Waals surface area contributed by atoms with Crippen molar-refractivity contribution in [3.05, 3.63) is 6.33 Å². The number of hydrogen-bond donors (Lipinski definition) is 3. The van der Waals surface area contributed by atoms with Crippen LogP contribution in [0.2, 0.25) is 0 Å². The van der Waals surface area contributed by atoms with Crippen molar-refractivity contribution in [1.29, 1.82) is 0 Å². The second kappa shape index (κ2) is 10.3. The van der Waals surface area contributed by atoms with E-state index >= 15 is 4.39 Å². The maximum atomic E-state index is 15.7. The van der Waals surface area contributed by atoms with Gasteiger partial charge in [-0.25, -0.2) is 9.37 Å². The lowest BCUT2D eigenvalue weighted by molar-refractivity contribution is -0.148. The van der Waals surface area contributed by atoms with Gasteiger partial charge in [0.2, 0.25) is 17.8 Å². The second-order valence-electron chi connectivity index (χ2n) is 8.64. The number of nitrogen functional groups attached to an aromatic ring is 1. The molecule has 0 bridgehead atoms. The fraction of sp³-hybridized carbons (Fsp3) is 0.684. The highest BCUT2D eigenvalue weighted by Crippen LogP contribution is 2.43. The number of aromatic nitrogens is 4. The molecular formula is C19H30FN7O5PS+. The molecular weight excluding hydrogens is 488 g/mol. The Kier molecular flexibility index (Phi) is 8.00. The number of anilines is 2. The molecule has 0 aliphatic carbocycles. The van der Waals surface area contributed by atoms with Crippen LogP contribution in [0.25, 0.3) is 11.2 Å². The van der Waals surface area contributed by atoms with Crippen LogP contribution in [0, 0.1) is 0 Å². The van der Waals surface area contributed by atoms with Gasteiger partial charge in [-0.1, -0.05) is 5.09 Å². The van der Waals surface area contributed by atoms with Gasteiger partial charge in [0, 0.05) is 14.1 Å². The first-order valence-corrected chi connectivity index (χ1v) is 12.9. The van der Waals surface area contributed by atoms with Gasteiger partial charge >= 0.3 is 13.0 Å². The Labute approximate surface area is 202 Å². The number of nitrogens with two attached hydrogens (primary N) is 1. The molecule has 2 aromatic rings. The maximum absolute atomic E-state index is 15.7. The van der Waals surface area contributed by atoms with Crippen LogP contribution in [0.3, 0.4) is 0 Å². The van der Waals surface area contributed by atoms with E-state index in [2.05, 4.69) is 20.0 Å². The zero-order valence-corrected chi connectivity index (χ0v) is 21.5. The van der Waals surface area contributed by atoms with Crippen molar-refractivity contribution >= 4 is 47.8 Å². The monoisotopic (exact) mass is 518 g/mol. The molecule has 0 aromatic carbocycles. The number of halogens is 1. The summed E-state index contributed by atoms with van der Waals surface area (Å²) in [6.45, 7) is 6.12. The number of nitrogens with zero attached hydrogens (tertiary/aromatic N) is 5. The van der Waals surface area contributed by atoms with Crippen LogP contribution >= 0.6 is 7.07 Å². The summed E-state index contributed by atoms with van der Waals surface area (Å²) in [5, 5.41) is 13.5. The van der Waals surface area contributed by atoms with Gasteiger partial charge in [0.25, 0.3) is 0 Å². The number of fused-ring (bicyclic) bond motifs is 1. The Morgan fingerprint density at radius 1 is 1.47 bits per heavy atom. The Balaban J connectivity index is 1.73. The van der Waals surface area contributed by atoms with E-state index in [9.17, 15) is 9.90 Å². The van der Waals surface area contributed by atoms with E-state index in [-0.39, 0.29) is 24.3 Å². The van der Waals surface area contributed by atoms with E-state index in [1.54, 1.807) is 39.8 Å². The summed E-state index contributed by atoms with van der Waals surface area (Å²) in [5.41, 5.74) is 4.31. The van der Waals surface area contributed by atoms with Gasteiger partial charge in [-0.15, -0.1) is 4.52 Å². The minimum Gasteiger partial charge on any atom is -0.462 e. The normalized spacial score (nSPS) is 26.1. The molecule has 1 aliphatic rings. The molecule has 0 saturated carbocycles. The number of alkyl halides is 1. The Hall–Kier alpha value is -2.09. The highest BCUT2D eigenvalue weighted by Gasteiger charge is 2.56. The van der Waals surface area contributed by atoms with Crippen LogP contribution in [0.4, 0.5) is 16.2 Å². The first-order valence-electron chi connectivity index (χ1n) is 10.6. The largest absolute Gasteiger partial charge is 0.462 e. The summed E-state index contributed by atoms with van der Waals surface area (Å²) in [5.74, 6) is -0.00658. The number of nitrogens with one attached hydrogen (secondary N) is 1. The third-order valence-electron chi connectivity index (χ3n) is 5.17. The third-order valence-corrected chi connectivity index (χ3v) is 6.79. The zero-order chi connectivity index (χ0) is 25.4. The van der Waals surface area contributed by atoms with Crippen LogP contribution in [-0.2, 0) is 30.6 Å². The molecule has 1 saturated heterocycles. The molecule has 12 nitrogen and oxygen atoms in total. The fourth-order valence-electron chi connectivity index (χ4n) is 3.48. The summed E-state index contributed by atoms with van der Waals surface area (Å²) in [7, 11) is 1.85. The van der Waals surface area contributed by atoms with Crippen molar-refractivity contribution in [1.82, 2.24) is 24.6 Å². The summed E-state index contributed by atoms with van der Waals surface area (Å²) < 4.78 is 33.6. The smallest absolute Gasteiger partial charge is 0.440 e. The number of aliphatic hydroxyl groups excluding tert-OH is 1. The predicted octanol–water partition coefficient (Wildman–Crippen LogP) is 1.18. The highest BCUT2D eigenvalue weighted by molar-refractivity contribution is 8.02. The lowest BCUT2D eigenvalue weighted by Crippen LogP contribution is -2.40. The number of esters is 1. The van der Waals surface area contributed by atoms with Crippen molar-refractivity contribution in [3.8, 4) is 0 Å². The molecule has 0 radical (unpaired) electrons. The molecule has 3 heterocycles. The summed E-state index contributed by atoms with van der Waals surface area (Å²) in [6.07, 6.45) is -2.70. The van der Waals surface area contributed by atoms with E-state index in [0.717, 1.165) is 0 Å². The number of carbonyl (C=O) groups is 1. The Bertz CT molecular complexity index is 1070. The van der Waals surface area contributed by atoms with Crippen LogP contribution < -0.4 is 15.7 Å². The van der Waals surface area contributed by atoms with Crippen molar-refractivity contribution in [2.45, 2.75) is 63.9 Å². The van der Waals surface area contributed by atoms with E-state index in [1.165, 1.54) is 17.8 Å². The average Bonchev–Trinajstić information content (AvgIpc) is 3.23. The lowest BCUT2D eigenvalue weighted by Gasteiger charge is -2.24. The average molecular weight is 519 g/mol. The van der Waals surface area contributed by atoms with E-state index < -0.39 is 43.2 Å². The van der Waals surface area contributed by atoms with Gasteiger partial charge < -0.3 is 25.2 Å². The predicted molar refractivity (Wildman–Crippen MR) is 128 cm³/mol. The zero-order valence-electron chi connectivity index (χ0n) is 19.8. The van der Waals surface area contributed by atoms with Gasteiger partial charge in [0.15, 0.2) is 28.9 Å². The van der Waals surface area contributed by atoms with Crippen LogP contribution in [0.15, 0.2) is 6.33 Å². The number of ether oxygens (including phenoxy) is 2. The van der Waals surface area contributed by atoms with Crippen LogP contribution in [0.5, 0.6) is 0 Å². The summed E-state index contributed by atoms with van der Waals surface area (Å²) in [6, 6.07) is -0.687. The second-order valence-corrected chi connectivity index (χ2v) is 10.7. The molecule has 34 heavy (non-hydrogen) atoms. The number of carbonyl (C=O) groups excluding carboxylic acids is 1. The number of hydrogen-bond acceptors (Lipinski definition) is 11. The standard InChI is InChI=1S/C19H30FN7O5PS/c1-9(2)31-16(29)10(3)25-33(34)30-7-11-13(28)19(4,20)17(32-11)27-8-22-12-14(26(5)6)23-18(21)24-15(12)27/h8-11,13,17,28H,7H2,1-6H3,(H,25,34)(H2,21,23,24)/q+1/t10-,11-,13-,17-,19-/m1/s1. The van der Waals surface area contributed by atoms with E-state index in [4.69, 9.17) is 31.5 Å². The highest BCUT2D eigenvalue weighted by atomic mass is 32.4. The van der Waals surface area contributed by atoms with Crippen molar-refractivity contribution in [3.63, 3.8) is 0 Å². The first kappa shape index (κ1) is 26.5. The minimum atomic E-state index is -2.20. The van der Waals surface area contributed by atoms with Crippen molar-refractivity contribution < 1.29 is 28.3 Å². The molecule has 15 heteroatoms. The Morgan fingerprint density at radius 2 is 2.15 bits per heavy atom. The van der Waals surface area contributed by atoms with Gasteiger partial charge in [-0.2, -0.15) is 9.97 Å². The van der Waals surface area contributed by atoms with Crippen molar-refractivity contribution in [2.24, 2.45) is 0 Å².